The molecule has 0 radical (unpaired) electrons. The Morgan fingerprint density at radius 1 is 1.03 bits per heavy atom. The second-order valence-electron chi connectivity index (χ2n) is 8.15. The Morgan fingerprint density at radius 2 is 1.72 bits per heavy atom. The number of nitrogens with one attached hydrogen (secondary N) is 1. The average molecular weight is 454 g/mol. The van der Waals surface area contributed by atoms with Crippen LogP contribution in [-0.4, -0.2) is 29.5 Å². The van der Waals surface area contributed by atoms with Gasteiger partial charge in [-0.25, -0.2) is 4.79 Å². The Labute approximate surface area is 193 Å². The molecule has 0 heterocycles. The monoisotopic (exact) mass is 453 g/mol. The fourth-order valence-electron chi connectivity index (χ4n) is 3.51. The summed E-state index contributed by atoms with van der Waals surface area (Å²) in [6.45, 7) is 4.05. The molecule has 2 N–H and O–H groups in total. The van der Waals surface area contributed by atoms with Gasteiger partial charge in [-0.05, 0) is 35.6 Å². The van der Waals surface area contributed by atoms with Gasteiger partial charge in [0.15, 0.2) is 0 Å². The van der Waals surface area contributed by atoms with E-state index in [1.54, 1.807) is 24.3 Å². The van der Waals surface area contributed by atoms with Gasteiger partial charge in [0.2, 0.25) is 0 Å². The summed E-state index contributed by atoms with van der Waals surface area (Å²) in [4.78, 5) is 24.3. The minimum absolute atomic E-state index is 0.00571. The molecule has 1 amide bonds. The number of phenolic OH excluding ortho intramolecular Hbond substituents is 1. The number of carbonyl (C=O) groups is 2. The number of benzene rings is 3. The Balaban J connectivity index is 1.80. The van der Waals surface area contributed by atoms with Crippen LogP contribution in [0.2, 0.25) is 0 Å². The fraction of sp³-hybridized carbons (Fsp3) is 0.280. The van der Waals surface area contributed by atoms with E-state index in [-0.39, 0.29) is 18.1 Å². The van der Waals surface area contributed by atoms with E-state index in [0.717, 1.165) is 16.3 Å². The number of phenols is 1. The number of fused-ring (bicyclic) bond motifs is 1. The summed E-state index contributed by atoms with van der Waals surface area (Å²) in [5.74, 6) is -0.278. The lowest BCUT2D eigenvalue weighted by Gasteiger charge is -2.34. The molecular formula is C25H27NO5S. The molecule has 3 aromatic carbocycles. The van der Waals surface area contributed by atoms with E-state index in [1.807, 2.05) is 56.3 Å². The van der Waals surface area contributed by atoms with E-state index in [2.05, 4.69) is 17.9 Å². The maximum absolute atomic E-state index is 12.9. The summed E-state index contributed by atoms with van der Waals surface area (Å²) in [7, 11) is 0. The number of carbonyl (C=O) groups excluding carboxylic acids is 2. The largest absolute Gasteiger partial charge is 0.508 e. The highest BCUT2D eigenvalue weighted by Gasteiger charge is 2.34. The molecule has 0 saturated heterocycles. The van der Waals surface area contributed by atoms with Crippen molar-refractivity contribution >= 4 is 41.2 Å². The number of hydrogen-bond donors (Lipinski definition) is 3. The van der Waals surface area contributed by atoms with Gasteiger partial charge in [-0.2, -0.15) is 12.6 Å². The van der Waals surface area contributed by atoms with E-state index in [0.29, 0.717) is 12.1 Å². The molecule has 3 aromatic rings. The lowest BCUT2D eigenvalue weighted by atomic mass is 9.80. The Bertz CT molecular complexity index is 1080. The van der Waals surface area contributed by atoms with Crippen molar-refractivity contribution in [3.63, 3.8) is 0 Å². The van der Waals surface area contributed by atoms with Crippen LogP contribution in [-0.2, 0) is 14.3 Å². The van der Waals surface area contributed by atoms with Crippen LogP contribution in [0.15, 0.2) is 66.7 Å². The first-order valence-corrected chi connectivity index (χ1v) is 10.9. The highest BCUT2D eigenvalue weighted by Crippen LogP contribution is 2.40. The van der Waals surface area contributed by atoms with Crippen LogP contribution in [0.4, 0.5) is 10.5 Å². The van der Waals surface area contributed by atoms with E-state index in [1.165, 1.54) is 0 Å². The van der Waals surface area contributed by atoms with Crippen LogP contribution in [0.1, 0.15) is 31.9 Å². The summed E-state index contributed by atoms with van der Waals surface area (Å²) in [5, 5.41) is 14.4. The third kappa shape index (κ3) is 5.95. The lowest BCUT2D eigenvalue weighted by Crippen LogP contribution is -2.30. The second kappa shape index (κ2) is 10.4. The van der Waals surface area contributed by atoms with Crippen LogP contribution >= 0.6 is 12.6 Å². The van der Waals surface area contributed by atoms with Gasteiger partial charge >= 0.3 is 12.1 Å². The summed E-state index contributed by atoms with van der Waals surface area (Å²) in [6, 6.07) is 19.9. The van der Waals surface area contributed by atoms with Gasteiger partial charge in [0.05, 0.1) is 18.0 Å². The molecule has 32 heavy (non-hydrogen) atoms. The molecule has 0 saturated carbocycles. The highest BCUT2D eigenvalue weighted by atomic mass is 32.1. The smallest absolute Gasteiger partial charge is 0.412 e. The first kappa shape index (κ1) is 23.5. The number of aromatic hydroxyl groups is 1. The summed E-state index contributed by atoms with van der Waals surface area (Å²) in [5.41, 5.74) is 0.809. The van der Waals surface area contributed by atoms with Gasteiger partial charge in [0.25, 0.3) is 0 Å². The van der Waals surface area contributed by atoms with Gasteiger partial charge in [-0.1, -0.05) is 62.4 Å². The van der Waals surface area contributed by atoms with Crippen molar-refractivity contribution in [2.24, 2.45) is 5.41 Å². The Hall–Kier alpha value is -3.19. The number of thiol groups is 1. The van der Waals surface area contributed by atoms with Gasteiger partial charge in [-0.3, -0.25) is 10.1 Å². The molecule has 1 atom stereocenters. The van der Waals surface area contributed by atoms with Crippen molar-refractivity contribution in [2.75, 3.05) is 17.7 Å². The Kier molecular flexibility index (Phi) is 7.64. The van der Waals surface area contributed by atoms with E-state index < -0.39 is 23.6 Å². The van der Waals surface area contributed by atoms with Crippen LogP contribution in [0.25, 0.3) is 10.8 Å². The summed E-state index contributed by atoms with van der Waals surface area (Å²) >= 11 is 3.91. The molecule has 3 rings (SSSR count). The number of ether oxygens (including phenoxy) is 2. The van der Waals surface area contributed by atoms with Gasteiger partial charge in [0.1, 0.15) is 11.9 Å². The molecule has 0 aliphatic carbocycles. The van der Waals surface area contributed by atoms with Crippen molar-refractivity contribution < 1.29 is 24.2 Å². The maximum atomic E-state index is 12.9. The number of amides is 1. The van der Waals surface area contributed by atoms with Gasteiger partial charge in [0, 0.05) is 10.8 Å². The van der Waals surface area contributed by atoms with Crippen LogP contribution in [0, 0.1) is 5.41 Å². The molecule has 0 aliphatic rings. The summed E-state index contributed by atoms with van der Waals surface area (Å²) in [6.07, 6.45) is -0.785. The van der Waals surface area contributed by atoms with Crippen molar-refractivity contribution in [3.8, 4) is 5.75 Å². The van der Waals surface area contributed by atoms with Gasteiger partial charge in [-0.15, -0.1) is 0 Å². The first-order valence-electron chi connectivity index (χ1n) is 10.3. The number of anilines is 1. The molecule has 0 fully saturated rings. The number of esters is 1. The minimum Gasteiger partial charge on any atom is -0.508 e. The van der Waals surface area contributed by atoms with Crippen molar-refractivity contribution in [1.29, 1.82) is 0 Å². The predicted octanol–water partition coefficient (Wildman–Crippen LogP) is 5.72. The number of rotatable bonds is 8. The quantitative estimate of drug-likeness (QED) is 0.300. The van der Waals surface area contributed by atoms with Crippen molar-refractivity contribution in [3.05, 3.63) is 72.3 Å². The number of hydrogen-bond acceptors (Lipinski definition) is 6. The Morgan fingerprint density at radius 3 is 2.44 bits per heavy atom. The lowest BCUT2D eigenvalue weighted by molar-refractivity contribution is -0.141. The topological polar surface area (TPSA) is 84.9 Å². The minimum atomic E-state index is -0.646. The molecule has 0 unspecified atom stereocenters. The summed E-state index contributed by atoms with van der Waals surface area (Å²) < 4.78 is 11.1. The fourth-order valence-corrected chi connectivity index (χ4v) is 3.60. The van der Waals surface area contributed by atoms with Crippen LogP contribution in [0.5, 0.6) is 5.75 Å². The normalized spacial score (nSPS) is 12.2. The highest BCUT2D eigenvalue weighted by molar-refractivity contribution is 7.81. The molecule has 168 valence electrons. The predicted molar refractivity (Wildman–Crippen MR) is 128 cm³/mol. The molecule has 0 aliphatic heterocycles. The zero-order valence-corrected chi connectivity index (χ0v) is 19.0. The first-order chi connectivity index (χ1) is 15.3. The third-order valence-corrected chi connectivity index (χ3v) is 5.55. The van der Waals surface area contributed by atoms with Crippen LogP contribution < -0.4 is 5.32 Å². The molecular weight excluding hydrogens is 426 g/mol. The third-order valence-electron chi connectivity index (χ3n) is 5.30. The standard InChI is InChI=1S/C25H27NO5S/c1-25(2,14-15-30-22(28)16-32)23(18-10-12-19(27)13-11-18)31-24(29)26-21-9-5-7-17-6-3-4-8-20(17)21/h3-13,23,27,32H,14-16H2,1-2H3,(H,26,29)/t23-/m0/s1. The van der Waals surface area contributed by atoms with Crippen molar-refractivity contribution in [2.45, 2.75) is 26.4 Å². The average Bonchev–Trinajstić information content (AvgIpc) is 2.78. The van der Waals surface area contributed by atoms with E-state index >= 15 is 0 Å². The molecule has 6 nitrogen and oxygen atoms in total. The maximum Gasteiger partial charge on any atom is 0.412 e. The molecule has 0 aromatic heterocycles. The van der Waals surface area contributed by atoms with Crippen LogP contribution in [0.3, 0.4) is 0 Å². The zero-order chi connectivity index (χ0) is 23.1. The SMILES string of the molecule is CC(C)(CCOC(=O)CS)[C@@H](OC(=O)Nc1cccc2ccccc12)c1ccc(O)cc1. The second-order valence-corrected chi connectivity index (χ2v) is 8.46. The van der Waals surface area contributed by atoms with Gasteiger partial charge < -0.3 is 14.6 Å². The zero-order valence-electron chi connectivity index (χ0n) is 18.1. The molecule has 0 spiro atoms. The van der Waals surface area contributed by atoms with E-state index in [9.17, 15) is 14.7 Å². The van der Waals surface area contributed by atoms with E-state index in [4.69, 9.17) is 9.47 Å². The van der Waals surface area contributed by atoms with Crippen molar-refractivity contribution in [1.82, 2.24) is 0 Å². The molecule has 7 heteroatoms. The molecule has 0 bridgehead atoms.